The van der Waals surface area contributed by atoms with Gasteiger partial charge in [-0.25, -0.2) is 0 Å². The van der Waals surface area contributed by atoms with Crippen LogP contribution < -0.4 is 5.32 Å². The van der Waals surface area contributed by atoms with Crippen molar-refractivity contribution >= 4 is 23.2 Å². The van der Waals surface area contributed by atoms with Crippen molar-refractivity contribution in [2.45, 2.75) is 71.4 Å². The maximum atomic E-state index is 13.4. The Hall–Kier alpha value is -2.40. The molecule has 3 rings (SSSR count). The molecule has 1 aliphatic rings. The molecule has 1 radical (unpaired) electrons. The van der Waals surface area contributed by atoms with Crippen molar-refractivity contribution in [2.24, 2.45) is 16.8 Å². The molecule has 3 atom stereocenters. The molecule has 5 nitrogen and oxygen atoms in total. The van der Waals surface area contributed by atoms with E-state index in [0.29, 0.717) is 28.0 Å². The quantitative estimate of drug-likeness (QED) is 0.266. The van der Waals surface area contributed by atoms with E-state index in [9.17, 15) is 40.7 Å². The van der Waals surface area contributed by atoms with E-state index in [1.165, 1.54) is 0 Å². The van der Waals surface area contributed by atoms with Gasteiger partial charge in [0.15, 0.2) is 11.9 Å². The largest absolute Gasteiger partial charge is 0.389 e. The number of amides is 1. The molecule has 41 heavy (non-hydrogen) atoms. The average molecular weight is 656 g/mol. The number of ketones is 2. The summed E-state index contributed by atoms with van der Waals surface area (Å²) in [4.78, 5) is 43.4. The van der Waals surface area contributed by atoms with Crippen molar-refractivity contribution in [2.75, 3.05) is 0 Å². The molecule has 1 N–H and O–H groups in total. The molecular formula is C29H29F6N2O3Y-. The maximum absolute atomic E-state index is 13.4. The van der Waals surface area contributed by atoms with Gasteiger partial charge in [0.1, 0.15) is 5.78 Å². The van der Waals surface area contributed by atoms with Gasteiger partial charge in [0.25, 0.3) is 0 Å². The number of halogens is 6. The Morgan fingerprint density at radius 1 is 1.00 bits per heavy atom. The van der Waals surface area contributed by atoms with Gasteiger partial charge in [0.05, 0.1) is 5.71 Å². The molecule has 0 aromatic heterocycles. The predicted molar refractivity (Wildman–Crippen MR) is 136 cm³/mol. The Morgan fingerprint density at radius 2 is 1.56 bits per heavy atom. The van der Waals surface area contributed by atoms with E-state index in [-0.39, 0.29) is 39.1 Å². The molecule has 0 saturated carbocycles. The summed E-state index contributed by atoms with van der Waals surface area (Å²) < 4.78 is 78.0. The minimum absolute atomic E-state index is 0. The molecule has 0 bridgehead atoms. The zero-order chi connectivity index (χ0) is 29.8. The van der Waals surface area contributed by atoms with Gasteiger partial charge < -0.3 is 5.32 Å². The van der Waals surface area contributed by atoms with Crippen LogP contribution in [0.5, 0.6) is 0 Å². The maximum Gasteiger partial charge on any atom is 0.389 e. The minimum Gasteiger partial charge on any atom is -0.328 e. The second-order valence-electron chi connectivity index (χ2n) is 10.00. The summed E-state index contributed by atoms with van der Waals surface area (Å²) in [5.41, 5.74) is 3.68. The second-order valence-corrected chi connectivity index (χ2v) is 10.00. The first-order valence-electron chi connectivity index (χ1n) is 12.7. The van der Waals surface area contributed by atoms with Crippen molar-refractivity contribution < 1.29 is 73.4 Å². The van der Waals surface area contributed by atoms with Crippen LogP contribution in [0.2, 0.25) is 0 Å². The molecule has 0 saturated heterocycles. The van der Waals surface area contributed by atoms with Gasteiger partial charge >= 0.3 is 12.4 Å². The first-order valence-corrected chi connectivity index (χ1v) is 12.7. The van der Waals surface area contributed by atoms with E-state index in [0.717, 1.165) is 12.5 Å². The molecule has 1 aliphatic heterocycles. The fraction of sp³-hybridized carbons (Fsp3) is 0.448. The normalized spacial score (nSPS) is 17.0. The zero-order valence-corrected chi connectivity index (χ0v) is 25.6. The topological polar surface area (TPSA) is 75.6 Å². The number of hydrogen-bond acceptors (Lipinski definition) is 4. The Labute approximate surface area is 259 Å². The summed E-state index contributed by atoms with van der Waals surface area (Å²) in [6.07, 6.45) is -15.8. The number of rotatable bonds is 9. The van der Waals surface area contributed by atoms with Gasteiger partial charge in [-0.1, -0.05) is 44.2 Å². The van der Waals surface area contributed by atoms with Gasteiger partial charge in [-0.15, -0.1) is 11.1 Å². The molecule has 0 spiro atoms. The van der Waals surface area contributed by atoms with Gasteiger partial charge in [0.2, 0.25) is 5.91 Å². The van der Waals surface area contributed by atoms with Gasteiger partial charge in [-0.05, 0) is 31.7 Å². The summed E-state index contributed by atoms with van der Waals surface area (Å²) in [5, 5.41) is 2.36. The van der Waals surface area contributed by atoms with Crippen LogP contribution in [0.1, 0.15) is 60.4 Å². The van der Waals surface area contributed by atoms with E-state index < -0.39 is 73.5 Å². The number of carbonyl (C=O) groups is 3. The van der Waals surface area contributed by atoms with Crippen LogP contribution in [0.4, 0.5) is 26.3 Å². The standard InChI is InChI=1S/C29H29F6N2O3.Y/c1-16-13-17(2)22-15-24(39)26(36-25(23(22)14-16)19-7-5-4-6-8-19)37-27(40)21(10-12-29(33,34)35)20(18(3)38)9-11-28(30,31)32;/h4-8,14,20-21,26H,9-12,15H2,1-3H3,(H,37,40);/q-1;/t20-,21-,26-;/m1./s1. The summed E-state index contributed by atoms with van der Waals surface area (Å²) >= 11 is 0. The SMILES string of the molecule is CC(=O)[C@@H](CCC(F)(F)F)[C@@H](CCC(F)(F)F)C(=O)N[C@H]1N=C(c2ccccc2)c2cc(C)[c-]c(C)c2CC1=O.[Y]. The number of nitrogens with one attached hydrogen (secondary N) is 1. The number of aryl methyl sites for hydroxylation is 2. The summed E-state index contributed by atoms with van der Waals surface area (Å²) in [7, 11) is 0. The average Bonchev–Trinajstić information content (AvgIpc) is 2.97. The summed E-state index contributed by atoms with van der Waals surface area (Å²) in [5.74, 6) is -5.91. The molecular weight excluding hydrogens is 627 g/mol. The Morgan fingerprint density at radius 3 is 2.10 bits per heavy atom. The second kappa shape index (κ2) is 14.2. The van der Waals surface area contributed by atoms with Crippen LogP contribution >= 0.6 is 0 Å². The van der Waals surface area contributed by atoms with Crippen LogP contribution in [-0.4, -0.2) is 41.7 Å². The van der Waals surface area contributed by atoms with E-state index >= 15 is 0 Å². The molecule has 0 aliphatic carbocycles. The summed E-state index contributed by atoms with van der Waals surface area (Å²) in [6.45, 7) is 4.53. The van der Waals surface area contributed by atoms with Crippen LogP contribution in [0.25, 0.3) is 0 Å². The number of carbonyl (C=O) groups excluding carboxylic acids is 3. The number of nitrogens with zero attached hydrogens (tertiary/aromatic N) is 1. The van der Waals surface area contributed by atoms with Crippen LogP contribution in [-0.2, 0) is 53.5 Å². The number of hydrogen-bond donors (Lipinski definition) is 1. The van der Waals surface area contributed by atoms with Crippen molar-refractivity contribution in [3.05, 3.63) is 70.3 Å². The van der Waals surface area contributed by atoms with E-state index in [2.05, 4.69) is 16.4 Å². The molecule has 0 fully saturated rings. The molecule has 12 heteroatoms. The first kappa shape index (κ1) is 34.8. The minimum atomic E-state index is -4.71. The molecule has 219 valence electrons. The van der Waals surface area contributed by atoms with Crippen molar-refractivity contribution in [3.8, 4) is 0 Å². The van der Waals surface area contributed by atoms with Gasteiger partial charge in [0, 0.05) is 57.4 Å². The van der Waals surface area contributed by atoms with Crippen LogP contribution in [0.3, 0.4) is 0 Å². The monoisotopic (exact) mass is 656 g/mol. The smallest absolute Gasteiger partial charge is 0.328 e. The van der Waals surface area contributed by atoms with Crippen LogP contribution in [0.15, 0.2) is 41.4 Å². The van der Waals surface area contributed by atoms with Crippen LogP contribution in [0, 0.1) is 31.7 Å². The fourth-order valence-electron chi connectivity index (χ4n) is 4.92. The molecule has 1 amide bonds. The third kappa shape index (κ3) is 9.84. The van der Waals surface area contributed by atoms with Crippen molar-refractivity contribution in [1.82, 2.24) is 5.32 Å². The number of benzene rings is 2. The number of fused-ring (bicyclic) bond motifs is 1. The summed E-state index contributed by atoms with van der Waals surface area (Å²) in [6, 6.07) is 13.7. The number of aliphatic imine (C=N–C) groups is 1. The van der Waals surface area contributed by atoms with E-state index in [4.69, 9.17) is 0 Å². The van der Waals surface area contributed by atoms with E-state index in [1.54, 1.807) is 43.3 Å². The molecule has 0 unspecified atom stereocenters. The fourth-order valence-corrected chi connectivity index (χ4v) is 4.92. The Bertz CT molecular complexity index is 1290. The number of alkyl halides is 6. The molecule has 2 aromatic rings. The van der Waals surface area contributed by atoms with Gasteiger partial charge in [-0.2, -0.15) is 49.6 Å². The predicted octanol–water partition coefficient (Wildman–Crippen LogP) is 6.01. The first-order chi connectivity index (χ1) is 18.6. The zero-order valence-electron chi connectivity index (χ0n) is 22.7. The Balaban J connectivity index is 0.00000588. The molecule has 1 heterocycles. The third-order valence-electron chi connectivity index (χ3n) is 6.84. The molecule has 2 aromatic carbocycles. The number of Topliss-reactive ketones (excluding diaryl/α,β-unsaturated/α-hetero) is 2. The van der Waals surface area contributed by atoms with E-state index in [1.807, 2.05) is 6.92 Å². The van der Waals surface area contributed by atoms with Crippen molar-refractivity contribution in [3.63, 3.8) is 0 Å². The Kier molecular flexibility index (Phi) is 12.0. The third-order valence-corrected chi connectivity index (χ3v) is 6.84. The van der Waals surface area contributed by atoms with Crippen molar-refractivity contribution in [1.29, 1.82) is 0 Å². The van der Waals surface area contributed by atoms with Gasteiger partial charge in [-0.3, -0.25) is 19.4 Å².